The summed E-state index contributed by atoms with van der Waals surface area (Å²) in [5.41, 5.74) is 7.84. The molecule has 3 unspecified atom stereocenters. The van der Waals surface area contributed by atoms with Gasteiger partial charge in [-0.3, -0.25) is 19.3 Å². The van der Waals surface area contributed by atoms with E-state index in [1.54, 1.807) is 12.1 Å². The standard InChI is InChI=1S/C21H26N6O5/c1-26-16-6-7-17-21(26,11-23-20(22)24-17)27(10-16)15-4-2-14(3-5-15)19(30)25-18(32-13-29)8-9-31-12-28/h2-5,12-13,16,18H,6-11H2,1H3,(H2,22,23)(H,25,30). The van der Waals surface area contributed by atoms with E-state index >= 15 is 0 Å². The Balaban J connectivity index is 1.50. The van der Waals surface area contributed by atoms with Crippen LogP contribution in [-0.2, 0) is 19.1 Å². The molecule has 0 radical (unpaired) electrons. The van der Waals surface area contributed by atoms with E-state index < -0.39 is 17.8 Å². The van der Waals surface area contributed by atoms with Gasteiger partial charge in [0.2, 0.25) is 5.96 Å². The molecule has 3 aliphatic rings. The normalized spacial score (nSPS) is 25.2. The molecule has 0 saturated carbocycles. The first kappa shape index (κ1) is 21.8. The fraction of sp³-hybridized carbons (Fsp3) is 0.476. The molecule has 0 aliphatic carbocycles. The first-order valence-corrected chi connectivity index (χ1v) is 10.4. The number of benzene rings is 1. The number of guanidine groups is 1. The van der Waals surface area contributed by atoms with E-state index in [0.717, 1.165) is 30.8 Å². The summed E-state index contributed by atoms with van der Waals surface area (Å²) in [4.78, 5) is 47.2. The first-order chi connectivity index (χ1) is 15.5. The Morgan fingerprint density at radius 2 is 2.12 bits per heavy atom. The number of amides is 1. The largest absolute Gasteiger partial charge is 0.468 e. The number of fused-ring (bicyclic) bond motifs is 1. The number of rotatable bonds is 9. The molecule has 0 aromatic heterocycles. The van der Waals surface area contributed by atoms with Crippen molar-refractivity contribution < 1.29 is 23.9 Å². The van der Waals surface area contributed by atoms with Crippen LogP contribution in [0.1, 0.15) is 29.6 Å². The van der Waals surface area contributed by atoms with E-state index in [1.165, 1.54) is 0 Å². The summed E-state index contributed by atoms with van der Waals surface area (Å²) in [6, 6.07) is 7.62. The Kier molecular flexibility index (Phi) is 6.08. The Morgan fingerprint density at radius 3 is 2.84 bits per heavy atom. The summed E-state index contributed by atoms with van der Waals surface area (Å²) in [6.45, 7) is 1.91. The van der Waals surface area contributed by atoms with Crippen LogP contribution in [-0.4, -0.2) is 80.1 Å². The van der Waals surface area contributed by atoms with Gasteiger partial charge in [-0.15, -0.1) is 0 Å². The number of ether oxygens (including phenoxy) is 2. The van der Waals surface area contributed by atoms with Gasteiger partial charge in [0.1, 0.15) is 0 Å². The van der Waals surface area contributed by atoms with Gasteiger partial charge in [-0.2, -0.15) is 0 Å². The van der Waals surface area contributed by atoms with Crippen LogP contribution < -0.4 is 16.0 Å². The maximum Gasteiger partial charge on any atom is 0.295 e. The molecule has 170 valence electrons. The Bertz CT molecular complexity index is 949. The Labute approximate surface area is 185 Å². The Hall–Kier alpha value is -3.47. The molecule has 11 heteroatoms. The Morgan fingerprint density at radius 1 is 1.34 bits per heavy atom. The highest BCUT2D eigenvalue weighted by atomic mass is 16.5. The quantitative estimate of drug-likeness (QED) is 0.306. The van der Waals surface area contributed by atoms with Crippen LogP contribution in [0.15, 0.2) is 34.3 Å². The molecule has 32 heavy (non-hydrogen) atoms. The lowest BCUT2D eigenvalue weighted by Gasteiger charge is -2.47. The highest BCUT2D eigenvalue weighted by Crippen LogP contribution is 2.43. The van der Waals surface area contributed by atoms with Crippen molar-refractivity contribution >= 4 is 36.2 Å². The lowest BCUT2D eigenvalue weighted by Crippen LogP contribution is -2.64. The summed E-state index contributed by atoms with van der Waals surface area (Å²) in [6.07, 6.45) is 1.15. The lowest BCUT2D eigenvalue weighted by molar-refractivity contribution is -0.136. The van der Waals surface area contributed by atoms with Crippen molar-refractivity contribution in [2.75, 3.05) is 31.6 Å². The molecular formula is C21H26N6O5. The predicted octanol–water partition coefficient (Wildman–Crippen LogP) is -0.142. The SMILES string of the molecule is CN1C2CCC3=NC(N)=NCC31N(c1ccc(C(=O)NC(CCOC=O)OC=O)cc1)C2. The molecule has 2 bridgehead atoms. The zero-order chi connectivity index (χ0) is 22.7. The third-order valence-corrected chi connectivity index (χ3v) is 6.38. The topological polar surface area (TPSA) is 139 Å². The number of hydrogen-bond acceptors (Lipinski definition) is 10. The van der Waals surface area contributed by atoms with E-state index in [4.69, 9.17) is 10.5 Å². The number of carbonyl (C=O) groups is 3. The number of likely N-dealkylation sites (N-methyl/N-ethyl adjacent to an activating group) is 1. The third kappa shape index (κ3) is 3.79. The van der Waals surface area contributed by atoms with Crippen LogP contribution in [0.2, 0.25) is 0 Å². The molecule has 1 aromatic carbocycles. The van der Waals surface area contributed by atoms with Gasteiger partial charge in [0.15, 0.2) is 11.9 Å². The van der Waals surface area contributed by atoms with Gasteiger partial charge in [-0.05, 0) is 44.2 Å². The molecule has 1 aromatic rings. The van der Waals surface area contributed by atoms with Crippen LogP contribution in [0.25, 0.3) is 0 Å². The number of aliphatic imine (C=N–C) groups is 2. The van der Waals surface area contributed by atoms with E-state index in [1.807, 2.05) is 12.1 Å². The highest BCUT2D eigenvalue weighted by Gasteiger charge is 2.57. The van der Waals surface area contributed by atoms with Gasteiger partial charge in [-0.1, -0.05) is 0 Å². The molecule has 2 saturated heterocycles. The molecule has 1 spiro atoms. The van der Waals surface area contributed by atoms with Gasteiger partial charge >= 0.3 is 0 Å². The third-order valence-electron chi connectivity index (χ3n) is 6.38. The maximum absolute atomic E-state index is 12.6. The van der Waals surface area contributed by atoms with E-state index in [-0.39, 0.29) is 19.5 Å². The minimum atomic E-state index is -0.894. The smallest absolute Gasteiger partial charge is 0.295 e. The molecule has 3 aliphatic heterocycles. The molecular weight excluding hydrogens is 416 g/mol. The van der Waals surface area contributed by atoms with Crippen molar-refractivity contribution in [2.45, 2.75) is 37.2 Å². The fourth-order valence-electron chi connectivity index (χ4n) is 4.73. The van der Waals surface area contributed by atoms with Crippen LogP contribution in [0.4, 0.5) is 5.69 Å². The number of piperidine rings is 1. The number of anilines is 1. The summed E-state index contributed by atoms with van der Waals surface area (Å²) in [5, 5.41) is 2.61. The molecule has 4 rings (SSSR count). The number of hydrogen-bond donors (Lipinski definition) is 2. The van der Waals surface area contributed by atoms with Gasteiger partial charge in [0.05, 0.1) is 18.9 Å². The predicted molar refractivity (Wildman–Crippen MR) is 116 cm³/mol. The number of nitrogens with one attached hydrogen (secondary N) is 1. The molecule has 1 amide bonds. The lowest BCUT2D eigenvalue weighted by atomic mass is 9.91. The average Bonchev–Trinajstić information content (AvgIpc) is 2.95. The van der Waals surface area contributed by atoms with Crippen molar-refractivity contribution in [1.29, 1.82) is 0 Å². The first-order valence-electron chi connectivity index (χ1n) is 10.4. The van der Waals surface area contributed by atoms with Gasteiger partial charge in [0.25, 0.3) is 18.9 Å². The summed E-state index contributed by atoms with van der Waals surface area (Å²) >= 11 is 0. The molecule has 11 nitrogen and oxygen atoms in total. The van der Waals surface area contributed by atoms with Crippen molar-refractivity contribution in [3.63, 3.8) is 0 Å². The van der Waals surface area contributed by atoms with Crippen molar-refractivity contribution in [3.8, 4) is 0 Å². The highest BCUT2D eigenvalue weighted by molar-refractivity contribution is 6.06. The fourth-order valence-corrected chi connectivity index (χ4v) is 4.73. The monoisotopic (exact) mass is 442 g/mol. The van der Waals surface area contributed by atoms with Crippen LogP contribution >= 0.6 is 0 Å². The van der Waals surface area contributed by atoms with E-state index in [9.17, 15) is 14.4 Å². The van der Waals surface area contributed by atoms with Crippen molar-refractivity contribution in [3.05, 3.63) is 29.8 Å². The maximum atomic E-state index is 12.6. The zero-order valence-corrected chi connectivity index (χ0v) is 17.8. The second kappa shape index (κ2) is 8.95. The van der Waals surface area contributed by atoms with Crippen LogP contribution in [0, 0.1) is 0 Å². The van der Waals surface area contributed by atoms with Crippen LogP contribution in [0.5, 0.6) is 0 Å². The van der Waals surface area contributed by atoms with Crippen molar-refractivity contribution in [1.82, 2.24) is 10.2 Å². The number of nitrogens with two attached hydrogens (primary N) is 1. The summed E-state index contributed by atoms with van der Waals surface area (Å²) in [5.74, 6) is -0.0794. The second-order valence-electron chi connectivity index (χ2n) is 7.96. The van der Waals surface area contributed by atoms with Crippen molar-refractivity contribution in [2.24, 2.45) is 15.7 Å². The van der Waals surface area contributed by atoms with E-state index in [0.29, 0.717) is 30.6 Å². The van der Waals surface area contributed by atoms with E-state index in [2.05, 4.69) is 36.9 Å². The van der Waals surface area contributed by atoms with Gasteiger partial charge < -0.3 is 25.4 Å². The second-order valence-corrected chi connectivity index (χ2v) is 7.96. The molecule has 3 N–H and O–H groups in total. The molecule has 3 atom stereocenters. The number of carbonyl (C=O) groups excluding carboxylic acids is 3. The van der Waals surface area contributed by atoms with Crippen LogP contribution in [0.3, 0.4) is 0 Å². The average molecular weight is 442 g/mol. The van der Waals surface area contributed by atoms with Gasteiger partial charge in [0, 0.05) is 30.3 Å². The summed E-state index contributed by atoms with van der Waals surface area (Å²) in [7, 11) is 2.10. The molecule has 3 heterocycles. The summed E-state index contributed by atoms with van der Waals surface area (Å²) < 4.78 is 9.45. The van der Waals surface area contributed by atoms with Gasteiger partial charge in [-0.25, -0.2) is 9.98 Å². The minimum Gasteiger partial charge on any atom is -0.468 e. The minimum absolute atomic E-state index is 0.0177. The number of nitrogens with zero attached hydrogens (tertiary/aromatic N) is 4. The molecule has 2 fully saturated rings. The zero-order valence-electron chi connectivity index (χ0n) is 17.8.